The molecule has 0 aliphatic rings. The van der Waals surface area contributed by atoms with Gasteiger partial charge in [0, 0.05) is 87.9 Å². The Balaban J connectivity index is 0.000000155. The molecular formula is C39H26Ag2N6O4. The van der Waals surface area contributed by atoms with E-state index >= 15 is 0 Å². The number of carbonyl (C=O) groups is 2. The van der Waals surface area contributed by atoms with Crippen LogP contribution in [0.1, 0.15) is 6.42 Å². The number of hydrogen-bond acceptors (Lipinski definition) is 10. The van der Waals surface area contributed by atoms with Gasteiger partial charge in [0.05, 0.1) is 33.1 Å². The van der Waals surface area contributed by atoms with Crippen molar-refractivity contribution in [1.82, 2.24) is 29.9 Å². The van der Waals surface area contributed by atoms with Crippen molar-refractivity contribution in [3.05, 3.63) is 146 Å². The van der Waals surface area contributed by atoms with E-state index in [-0.39, 0.29) is 44.8 Å². The molecule has 9 aromatic rings. The fourth-order valence-electron chi connectivity index (χ4n) is 5.16. The van der Waals surface area contributed by atoms with E-state index in [4.69, 9.17) is 0 Å². The molecule has 6 aromatic heterocycles. The molecule has 0 aliphatic carbocycles. The van der Waals surface area contributed by atoms with Gasteiger partial charge in [-0.15, -0.1) is 0 Å². The van der Waals surface area contributed by atoms with Gasteiger partial charge in [-0.1, -0.05) is 72.8 Å². The van der Waals surface area contributed by atoms with Crippen molar-refractivity contribution in [2.45, 2.75) is 6.42 Å². The normalized spacial score (nSPS) is 10.0. The molecule has 0 N–H and O–H groups in total. The summed E-state index contributed by atoms with van der Waals surface area (Å²) in [5, 5.41) is 25.4. The second-order valence-corrected chi connectivity index (χ2v) is 10.6. The number of aliphatic carboxylic acids is 2. The molecule has 0 atom stereocenters. The number of rotatable bonds is 2. The molecule has 0 aliphatic heterocycles. The van der Waals surface area contributed by atoms with E-state index in [0.29, 0.717) is 0 Å². The van der Waals surface area contributed by atoms with Crippen molar-refractivity contribution >= 4 is 77.4 Å². The van der Waals surface area contributed by atoms with Crippen LogP contribution in [0.2, 0.25) is 0 Å². The Morgan fingerprint density at radius 3 is 0.667 bits per heavy atom. The van der Waals surface area contributed by atoms with Crippen LogP contribution in [0.25, 0.3) is 65.4 Å². The van der Waals surface area contributed by atoms with Crippen molar-refractivity contribution < 1.29 is 64.6 Å². The molecule has 51 heavy (non-hydrogen) atoms. The number of carboxylic acid groups (broad SMARTS) is 2. The summed E-state index contributed by atoms with van der Waals surface area (Å²) in [5.74, 6) is -3.25. The van der Waals surface area contributed by atoms with Crippen LogP contribution < -0.4 is 10.2 Å². The van der Waals surface area contributed by atoms with Gasteiger partial charge in [-0.3, -0.25) is 29.9 Å². The van der Waals surface area contributed by atoms with E-state index in [1.54, 1.807) is 37.2 Å². The van der Waals surface area contributed by atoms with Crippen LogP contribution in [0.4, 0.5) is 0 Å². The predicted octanol–water partition coefficient (Wildman–Crippen LogP) is 5.22. The van der Waals surface area contributed by atoms with Crippen molar-refractivity contribution in [2.24, 2.45) is 0 Å². The van der Waals surface area contributed by atoms with Crippen molar-refractivity contribution in [3.8, 4) is 0 Å². The van der Waals surface area contributed by atoms with Gasteiger partial charge in [0.25, 0.3) is 0 Å². The van der Waals surface area contributed by atoms with E-state index in [1.807, 2.05) is 36.4 Å². The van der Waals surface area contributed by atoms with Gasteiger partial charge in [-0.2, -0.15) is 0 Å². The van der Waals surface area contributed by atoms with Crippen molar-refractivity contribution in [2.75, 3.05) is 0 Å². The molecule has 0 spiro atoms. The van der Waals surface area contributed by atoms with Gasteiger partial charge in [0.1, 0.15) is 0 Å². The number of fused-ring (bicyclic) bond motifs is 9. The topological polar surface area (TPSA) is 158 Å². The van der Waals surface area contributed by atoms with Gasteiger partial charge in [-0.25, -0.2) is 0 Å². The van der Waals surface area contributed by atoms with Gasteiger partial charge in [0.2, 0.25) is 0 Å². The third-order valence-corrected chi connectivity index (χ3v) is 7.32. The third kappa shape index (κ3) is 9.62. The van der Waals surface area contributed by atoms with Crippen LogP contribution in [-0.4, -0.2) is 41.8 Å². The molecule has 0 bridgehead atoms. The zero-order chi connectivity index (χ0) is 34.0. The Morgan fingerprint density at radius 1 is 0.353 bits per heavy atom. The van der Waals surface area contributed by atoms with Crippen LogP contribution in [0.5, 0.6) is 0 Å². The van der Waals surface area contributed by atoms with E-state index in [0.717, 1.165) is 65.4 Å². The summed E-state index contributed by atoms with van der Waals surface area (Å²) in [6.45, 7) is 0. The minimum Gasteiger partial charge on any atom is -0.550 e. The molecule has 6 heterocycles. The third-order valence-electron chi connectivity index (χ3n) is 7.32. The molecule has 258 valence electrons. The zero-order valence-corrected chi connectivity index (χ0v) is 29.4. The summed E-state index contributed by atoms with van der Waals surface area (Å²) in [7, 11) is 0. The van der Waals surface area contributed by atoms with Crippen LogP contribution >= 0.6 is 0 Å². The minimum absolute atomic E-state index is 0. The Labute approximate surface area is 322 Å². The number of nitrogens with zero attached hydrogens (tertiary/aromatic N) is 6. The molecule has 0 unspecified atom stereocenters. The van der Waals surface area contributed by atoms with E-state index in [2.05, 4.69) is 103 Å². The largest absolute Gasteiger partial charge is 1.00 e. The quantitative estimate of drug-likeness (QED) is 0.128. The van der Waals surface area contributed by atoms with Crippen LogP contribution in [0.15, 0.2) is 146 Å². The Bertz CT molecular complexity index is 2150. The maximum absolute atomic E-state index is 9.28. The first kappa shape index (κ1) is 38.3. The first-order chi connectivity index (χ1) is 24.0. The summed E-state index contributed by atoms with van der Waals surface area (Å²) in [4.78, 5) is 44.6. The SMILES string of the molecule is O=C([O-])CC(=O)[O-].[Ag+].[Ag+].c1cnc2c(c1)ccc1cccnc12.c1cnc2c(c1)ccc1cccnc12.c1cnc2c(c1)ccc1cccnc12. The number of carbonyl (C=O) groups excluding carboxylic acids is 2. The molecule has 0 saturated heterocycles. The molecule has 10 nitrogen and oxygen atoms in total. The molecular weight excluding hydrogens is 832 g/mol. The average Bonchev–Trinajstić information content (AvgIpc) is 3.15. The first-order valence-electron chi connectivity index (χ1n) is 15.1. The average molecular weight is 858 g/mol. The first-order valence-corrected chi connectivity index (χ1v) is 15.1. The smallest absolute Gasteiger partial charge is 0.550 e. The number of aromatic nitrogens is 6. The summed E-state index contributed by atoms with van der Waals surface area (Å²) in [6.07, 6.45) is 9.78. The summed E-state index contributed by atoms with van der Waals surface area (Å²) in [5.41, 5.74) is 5.86. The maximum Gasteiger partial charge on any atom is 1.00 e. The molecule has 0 amide bonds. The minimum atomic E-state index is -1.63. The summed E-state index contributed by atoms with van der Waals surface area (Å²) >= 11 is 0. The molecule has 0 saturated carbocycles. The number of pyridine rings is 6. The van der Waals surface area contributed by atoms with E-state index in [1.165, 1.54) is 0 Å². The van der Waals surface area contributed by atoms with Crippen LogP contribution in [0.3, 0.4) is 0 Å². The number of hydrogen-bond donors (Lipinski definition) is 0. The molecule has 0 fully saturated rings. The van der Waals surface area contributed by atoms with Crippen molar-refractivity contribution in [1.29, 1.82) is 0 Å². The molecule has 12 heteroatoms. The molecule has 9 rings (SSSR count). The fourth-order valence-corrected chi connectivity index (χ4v) is 5.16. The van der Waals surface area contributed by atoms with Gasteiger partial charge >= 0.3 is 44.8 Å². The Morgan fingerprint density at radius 2 is 0.529 bits per heavy atom. The Hall–Kier alpha value is -5.46. The van der Waals surface area contributed by atoms with Crippen molar-refractivity contribution in [3.63, 3.8) is 0 Å². The standard InChI is InChI=1S/3C12H8N2.C3H4O4.2Ag/c3*1-3-9-5-6-10-4-2-8-14-12(10)11(9)13-7-1;4-2(5)1-3(6)7;;/h3*1-8H;1H2,(H,4,5)(H,6,7);;/q;;;;2*+1/p-2. The second-order valence-electron chi connectivity index (χ2n) is 10.6. The van der Waals surface area contributed by atoms with Crippen LogP contribution in [0, 0.1) is 0 Å². The molecule has 3 aromatic carbocycles. The van der Waals surface area contributed by atoms with Gasteiger partial charge < -0.3 is 19.8 Å². The fraction of sp³-hybridized carbons (Fsp3) is 0.0256. The number of carboxylic acids is 2. The van der Waals surface area contributed by atoms with Gasteiger partial charge in [0.15, 0.2) is 0 Å². The van der Waals surface area contributed by atoms with Gasteiger partial charge in [-0.05, 0) is 36.4 Å². The molecule has 0 radical (unpaired) electrons. The second kappa shape index (κ2) is 18.5. The monoisotopic (exact) mass is 856 g/mol. The Kier molecular flexibility index (Phi) is 13.9. The van der Waals surface area contributed by atoms with Crippen LogP contribution in [-0.2, 0) is 54.3 Å². The summed E-state index contributed by atoms with van der Waals surface area (Å²) in [6, 6.07) is 36.4. The summed E-state index contributed by atoms with van der Waals surface area (Å²) < 4.78 is 0. The predicted molar refractivity (Wildman–Crippen MR) is 186 cm³/mol. The van der Waals surface area contributed by atoms with E-state index in [9.17, 15) is 19.8 Å². The zero-order valence-electron chi connectivity index (χ0n) is 26.5. The van der Waals surface area contributed by atoms with E-state index < -0.39 is 18.4 Å². The maximum atomic E-state index is 9.28. The number of benzene rings is 3.